The molecule has 34 heavy (non-hydrogen) atoms. The highest BCUT2D eigenvalue weighted by Gasteiger charge is 2.11. The highest BCUT2D eigenvalue weighted by atomic mass is 16.3. The number of hydrogen-bond donors (Lipinski definition) is 1. The van der Waals surface area contributed by atoms with E-state index in [-0.39, 0.29) is 0 Å². The van der Waals surface area contributed by atoms with Gasteiger partial charge in [0.05, 0.1) is 18.2 Å². The Hall–Kier alpha value is -3.07. The van der Waals surface area contributed by atoms with Gasteiger partial charge in [0, 0.05) is 19.1 Å². The number of nitrogens with one attached hydrogen (secondary N) is 1. The molecule has 1 aliphatic heterocycles. The first kappa shape index (κ1) is 27.2. The first-order chi connectivity index (χ1) is 16.7. The third-order valence-corrected chi connectivity index (χ3v) is 5.71. The fourth-order valence-electron chi connectivity index (χ4n) is 4.09. The molecular formula is C29H38N4O. The second-order valence-electron chi connectivity index (χ2n) is 8.39. The maximum Gasteiger partial charge on any atom is 0.0991 e. The minimum Gasteiger partial charge on any atom is -0.312 e. The molecule has 1 heterocycles. The van der Waals surface area contributed by atoms with Crippen LogP contribution in [0.3, 0.4) is 0 Å². The van der Waals surface area contributed by atoms with Crippen molar-refractivity contribution in [1.82, 2.24) is 10.2 Å². The first-order valence-electron chi connectivity index (χ1n) is 12.4. The zero-order chi connectivity index (χ0) is 24.6. The number of nitrogens with zero attached hydrogens (tertiary/aromatic N) is 3. The lowest BCUT2D eigenvalue weighted by molar-refractivity contribution is 0.331. The van der Waals surface area contributed by atoms with E-state index in [0.29, 0.717) is 19.1 Å². The van der Waals surface area contributed by atoms with Gasteiger partial charge in [-0.15, -0.1) is 0 Å². The average Bonchev–Trinajstić information content (AvgIpc) is 3.39. The van der Waals surface area contributed by atoms with Gasteiger partial charge in [-0.25, -0.2) is 0 Å². The molecule has 180 valence electrons. The molecule has 1 fully saturated rings. The van der Waals surface area contributed by atoms with Gasteiger partial charge in [0.1, 0.15) is 0 Å². The summed E-state index contributed by atoms with van der Waals surface area (Å²) < 4.78 is 0. The topological polar surface area (TPSA) is 68.5 Å². The van der Waals surface area contributed by atoms with Crippen LogP contribution >= 0.6 is 0 Å². The van der Waals surface area contributed by atoms with Gasteiger partial charge < -0.3 is 5.32 Å². The Morgan fingerprint density at radius 1 is 0.971 bits per heavy atom. The summed E-state index contributed by atoms with van der Waals surface area (Å²) in [4.78, 5) is 12.4. The molecule has 3 aromatic rings. The molecule has 0 saturated carbocycles. The second kappa shape index (κ2) is 15.7. The Morgan fingerprint density at radius 3 is 2.41 bits per heavy atom. The van der Waals surface area contributed by atoms with Crippen LogP contribution in [0, 0.1) is 16.2 Å². The fraction of sp³-hybridized carbons (Fsp3) is 0.414. The fourth-order valence-corrected chi connectivity index (χ4v) is 4.09. The molecule has 5 heteroatoms. The molecular weight excluding hydrogens is 420 g/mol. The summed E-state index contributed by atoms with van der Waals surface area (Å²) in [6.45, 7) is 10.5. The zero-order valence-corrected chi connectivity index (χ0v) is 20.8. The van der Waals surface area contributed by atoms with Gasteiger partial charge in [-0.05, 0) is 73.3 Å². The zero-order valence-electron chi connectivity index (χ0n) is 20.8. The summed E-state index contributed by atoms with van der Waals surface area (Å²) >= 11 is 0. The van der Waals surface area contributed by atoms with Crippen molar-refractivity contribution in [3.63, 3.8) is 0 Å². The monoisotopic (exact) mass is 458 g/mol. The molecule has 5 nitrogen and oxygen atoms in total. The maximum absolute atomic E-state index is 10.0. The number of nitroso groups, excluding NO2 is 1. The molecule has 0 amide bonds. The van der Waals surface area contributed by atoms with Crippen LogP contribution in [-0.2, 0) is 13.0 Å². The summed E-state index contributed by atoms with van der Waals surface area (Å²) in [6, 6.07) is 25.3. The van der Waals surface area contributed by atoms with E-state index < -0.39 is 0 Å². The molecule has 0 aromatic heterocycles. The number of likely N-dealkylation sites (tertiary alicyclic amines) is 1. The Balaban J connectivity index is 0.000000230. The molecule has 0 bridgehead atoms. The largest absolute Gasteiger partial charge is 0.312 e. The van der Waals surface area contributed by atoms with Crippen LogP contribution in [0.4, 0.5) is 0 Å². The van der Waals surface area contributed by atoms with Gasteiger partial charge in [0.25, 0.3) is 0 Å². The smallest absolute Gasteiger partial charge is 0.0991 e. The van der Waals surface area contributed by atoms with Crippen LogP contribution in [-0.4, -0.2) is 37.1 Å². The van der Waals surface area contributed by atoms with Gasteiger partial charge in [0.15, 0.2) is 0 Å². The Bertz CT molecular complexity index is 1040. The Labute approximate surface area is 204 Å². The van der Waals surface area contributed by atoms with E-state index in [9.17, 15) is 4.91 Å². The van der Waals surface area contributed by atoms with Gasteiger partial charge in [-0.3, -0.25) is 4.90 Å². The first-order valence-corrected chi connectivity index (χ1v) is 12.4. The van der Waals surface area contributed by atoms with E-state index in [1.807, 2.05) is 32.0 Å². The Morgan fingerprint density at radius 2 is 1.71 bits per heavy atom. The average molecular weight is 459 g/mol. The molecule has 3 aromatic carbocycles. The highest BCUT2D eigenvalue weighted by Crippen LogP contribution is 2.16. The third kappa shape index (κ3) is 9.43. The Kier molecular flexibility index (Phi) is 12.6. The minimum atomic E-state index is 0.335. The van der Waals surface area contributed by atoms with Gasteiger partial charge in [-0.2, -0.15) is 10.2 Å². The summed E-state index contributed by atoms with van der Waals surface area (Å²) in [5.74, 6) is 0. The van der Waals surface area contributed by atoms with E-state index in [2.05, 4.69) is 76.9 Å². The van der Waals surface area contributed by atoms with Crippen molar-refractivity contribution in [2.75, 3.05) is 26.2 Å². The number of fused-ring (bicyclic) bond motifs is 1. The summed E-state index contributed by atoms with van der Waals surface area (Å²) in [7, 11) is 0. The lowest BCUT2D eigenvalue weighted by atomic mass is 10.0. The molecule has 1 N–H and O–H groups in total. The van der Waals surface area contributed by atoms with Crippen molar-refractivity contribution < 1.29 is 0 Å². The van der Waals surface area contributed by atoms with Crippen molar-refractivity contribution in [3.8, 4) is 6.07 Å². The SMILES string of the molecule is CC.CC(Cc1ccc2ccccc2c1)NCCN=O.N#Cc1cccc(CN2CCCC2)c1. The van der Waals surface area contributed by atoms with Crippen molar-refractivity contribution in [2.24, 2.45) is 5.18 Å². The quantitative estimate of drug-likeness (QED) is 0.317. The summed E-state index contributed by atoms with van der Waals surface area (Å²) in [5.41, 5.74) is 3.33. The highest BCUT2D eigenvalue weighted by molar-refractivity contribution is 5.83. The number of hydrogen-bond acceptors (Lipinski definition) is 5. The molecule has 1 aliphatic rings. The van der Waals surface area contributed by atoms with Crippen LogP contribution in [0.1, 0.15) is 50.3 Å². The van der Waals surface area contributed by atoms with Crippen LogP contribution in [0.5, 0.6) is 0 Å². The number of benzene rings is 3. The van der Waals surface area contributed by atoms with Crippen molar-refractivity contribution in [2.45, 2.75) is 52.6 Å². The minimum absolute atomic E-state index is 0.335. The molecule has 0 radical (unpaired) electrons. The number of rotatable bonds is 8. The van der Waals surface area contributed by atoms with E-state index in [1.54, 1.807) is 0 Å². The molecule has 1 atom stereocenters. The van der Waals surface area contributed by atoms with Crippen molar-refractivity contribution in [3.05, 3.63) is 88.3 Å². The molecule has 0 aliphatic carbocycles. The van der Waals surface area contributed by atoms with Crippen LogP contribution < -0.4 is 5.32 Å². The van der Waals surface area contributed by atoms with E-state index in [1.165, 1.54) is 47.8 Å². The van der Waals surface area contributed by atoms with Crippen LogP contribution in [0.2, 0.25) is 0 Å². The predicted molar refractivity (Wildman–Crippen MR) is 143 cm³/mol. The maximum atomic E-state index is 10.0. The molecule has 1 unspecified atom stereocenters. The standard InChI is InChI=1S/C15H18N2O.C12H14N2.C2H6/c1-12(16-8-9-17-18)10-13-6-7-14-4-2-3-5-15(14)11-13;13-9-11-4-3-5-12(8-11)10-14-6-1-2-7-14;1-2/h2-7,11-12,16H,8-10H2,1H3;3-5,8H,1-2,6-7,10H2;1-2H3. The van der Waals surface area contributed by atoms with Gasteiger partial charge in [-0.1, -0.05) is 73.6 Å². The summed E-state index contributed by atoms with van der Waals surface area (Å²) in [6.07, 6.45) is 3.60. The summed E-state index contributed by atoms with van der Waals surface area (Å²) in [5, 5.41) is 17.4. The second-order valence-corrected chi connectivity index (χ2v) is 8.39. The van der Waals surface area contributed by atoms with E-state index in [4.69, 9.17) is 5.26 Å². The van der Waals surface area contributed by atoms with E-state index in [0.717, 1.165) is 18.5 Å². The molecule has 0 spiro atoms. The lowest BCUT2D eigenvalue weighted by Gasteiger charge is -2.14. The van der Waals surface area contributed by atoms with Crippen molar-refractivity contribution in [1.29, 1.82) is 5.26 Å². The number of nitriles is 1. The predicted octanol–water partition coefficient (Wildman–Crippen LogP) is 6.31. The lowest BCUT2D eigenvalue weighted by Crippen LogP contribution is -2.30. The molecule has 1 saturated heterocycles. The van der Waals surface area contributed by atoms with Gasteiger partial charge >= 0.3 is 0 Å². The van der Waals surface area contributed by atoms with Gasteiger partial charge in [0.2, 0.25) is 0 Å². The third-order valence-electron chi connectivity index (χ3n) is 5.71. The normalized spacial score (nSPS) is 13.7. The van der Waals surface area contributed by atoms with Crippen LogP contribution in [0.25, 0.3) is 10.8 Å². The van der Waals surface area contributed by atoms with Crippen LogP contribution in [0.15, 0.2) is 71.9 Å². The van der Waals surface area contributed by atoms with Crippen molar-refractivity contribution >= 4 is 10.8 Å². The molecule has 4 rings (SSSR count). The van der Waals surface area contributed by atoms with E-state index >= 15 is 0 Å².